The van der Waals surface area contributed by atoms with Crippen molar-refractivity contribution in [1.82, 2.24) is 25.3 Å². The van der Waals surface area contributed by atoms with Crippen LogP contribution in [0.1, 0.15) is 31.6 Å². The lowest BCUT2D eigenvalue weighted by molar-refractivity contribution is 0.108. The fourth-order valence-corrected chi connectivity index (χ4v) is 2.63. The Labute approximate surface area is 121 Å². The summed E-state index contributed by atoms with van der Waals surface area (Å²) >= 11 is 0. The molecule has 1 aliphatic rings. The van der Waals surface area contributed by atoms with E-state index in [1.165, 1.54) is 0 Å². The minimum absolute atomic E-state index is 0.235. The Morgan fingerprint density at radius 2 is 2.10 bits per heavy atom. The highest BCUT2D eigenvalue weighted by Gasteiger charge is 2.28. The number of likely N-dealkylation sites (N-methyl/N-ethyl adjacent to an activating group) is 3. The SMILES string of the molecule is CNC(Cc1nc(C2CN(C)CCN2C)no1)C(C)C. The fraction of sp³-hybridized carbons (Fsp3) is 0.857. The summed E-state index contributed by atoms with van der Waals surface area (Å²) in [6.07, 6.45) is 0.785. The van der Waals surface area contributed by atoms with Crippen LogP contribution in [0.15, 0.2) is 4.52 Å². The summed E-state index contributed by atoms with van der Waals surface area (Å²) in [4.78, 5) is 9.21. The Bertz CT molecular complexity index is 419. The van der Waals surface area contributed by atoms with Crippen LogP contribution < -0.4 is 5.32 Å². The topological polar surface area (TPSA) is 57.4 Å². The number of hydrogen-bond donors (Lipinski definition) is 1. The number of piperazine rings is 1. The second kappa shape index (κ2) is 6.65. The Balaban J connectivity index is 2.04. The fourth-order valence-electron chi connectivity index (χ4n) is 2.63. The molecule has 2 unspecified atom stereocenters. The summed E-state index contributed by atoms with van der Waals surface area (Å²) in [5.74, 6) is 2.08. The first kappa shape index (κ1) is 15.4. The maximum Gasteiger partial charge on any atom is 0.228 e. The number of aromatic nitrogens is 2. The average molecular weight is 281 g/mol. The van der Waals surface area contributed by atoms with Crippen LogP contribution in [0.2, 0.25) is 0 Å². The number of hydrogen-bond acceptors (Lipinski definition) is 6. The van der Waals surface area contributed by atoms with Gasteiger partial charge in [-0.15, -0.1) is 0 Å². The van der Waals surface area contributed by atoms with Gasteiger partial charge in [0.1, 0.15) is 0 Å². The number of rotatable bonds is 5. The molecule has 20 heavy (non-hydrogen) atoms. The molecule has 0 spiro atoms. The van der Waals surface area contributed by atoms with E-state index in [9.17, 15) is 0 Å². The molecule has 2 rings (SSSR count). The van der Waals surface area contributed by atoms with Gasteiger partial charge in [-0.3, -0.25) is 4.90 Å². The lowest BCUT2D eigenvalue weighted by atomic mass is 10.0. The number of nitrogens with one attached hydrogen (secondary N) is 1. The first-order valence-electron chi connectivity index (χ1n) is 7.39. The van der Waals surface area contributed by atoms with Crippen molar-refractivity contribution in [3.8, 4) is 0 Å². The van der Waals surface area contributed by atoms with Crippen molar-refractivity contribution in [2.45, 2.75) is 32.4 Å². The normalized spacial score (nSPS) is 23.4. The molecule has 1 aromatic rings. The molecule has 6 heteroatoms. The van der Waals surface area contributed by atoms with Crippen LogP contribution in [-0.2, 0) is 6.42 Å². The van der Waals surface area contributed by atoms with Crippen LogP contribution >= 0.6 is 0 Å². The smallest absolute Gasteiger partial charge is 0.228 e. The van der Waals surface area contributed by atoms with E-state index in [1.54, 1.807) is 0 Å². The summed E-state index contributed by atoms with van der Waals surface area (Å²) in [6, 6.07) is 0.605. The molecule has 0 aliphatic carbocycles. The van der Waals surface area contributed by atoms with Gasteiger partial charge in [-0.25, -0.2) is 0 Å². The maximum atomic E-state index is 5.44. The van der Waals surface area contributed by atoms with Gasteiger partial charge < -0.3 is 14.7 Å². The van der Waals surface area contributed by atoms with E-state index >= 15 is 0 Å². The van der Waals surface area contributed by atoms with E-state index in [0.29, 0.717) is 12.0 Å². The molecule has 6 nitrogen and oxygen atoms in total. The largest absolute Gasteiger partial charge is 0.339 e. The highest BCUT2D eigenvalue weighted by Crippen LogP contribution is 2.21. The predicted molar refractivity (Wildman–Crippen MR) is 78.6 cm³/mol. The van der Waals surface area contributed by atoms with E-state index in [2.05, 4.69) is 53.2 Å². The summed E-state index contributed by atoms with van der Waals surface area (Å²) in [6.45, 7) is 7.48. The molecule has 1 N–H and O–H groups in total. The summed E-state index contributed by atoms with van der Waals surface area (Å²) in [5.41, 5.74) is 0. The van der Waals surface area contributed by atoms with Crippen molar-refractivity contribution < 1.29 is 4.52 Å². The van der Waals surface area contributed by atoms with Crippen LogP contribution in [0.3, 0.4) is 0 Å². The molecule has 0 radical (unpaired) electrons. The zero-order chi connectivity index (χ0) is 14.7. The zero-order valence-electron chi connectivity index (χ0n) is 13.3. The molecule has 2 heterocycles. The van der Waals surface area contributed by atoms with Gasteiger partial charge >= 0.3 is 0 Å². The van der Waals surface area contributed by atoms with Crippen molar-refractivity contribution in [2.24, 2.45) is 5.92 Å². The molecule has 1 fully saturated rings. The second-order valence-electron chi connectivity index (χ2n) is 6.15. The van der Waals surface area contributed by atoms with Gasteiger partial charge in [0.05, 0.1) is 6.04 Å². The molecule has 2 atom stereocenters. The van der Waals surface area contributed by atoms with Crippen LogP contribution in [0.25, 0.3) is 0 Å². The summed E-state index contributed by atoms with van der Waals surface area (Å²) in [5, 5.41) is 7.50. The average Bonchev–Trinajstić information content (AvgIpc) is 2.86. The first-order valence-corrected chi connectivity index (χ1v) is 7.39. The van der Waals surface area contributed by atoms with Crippen LogP contribution in [0.4, 0.5) is 0 Å². The maximum absolute atomic E-state index is 5.44. The summed E-state index contributed by atoms with van der Waals surface area (Å²) < 4.78 is 5.44. The third-order valence-corrected chi connectivity index (χ3v) is 4.20. The Morgan fingerprint density at radius 1 is 1.35 bits per heavy atom. The first-order chi connectivity index (χ1) is 9.51. The molecular formula is C14H27N5O. The van der Waals surface area contributed by atoms with E-state index < -0.39 is 0 Å². The molecule has 0 amide bonds. The predicted octanol–water partition coefficient (Wildman–Crippen LogP) is 0.774. The quantitative estimate of drug-likeness (QED) is 0.860. The molecular weight excluding hydrogens is 254 g/mol. The molecule has 0 bridgehead atoms. The molecule has 1 aliphatic heterocycles. The van der Waals surface area contributed by atoms with Gasteiger partial charge in [0.25, 0.3) is 0 Å². The van der Waals surface area contributed by atoms with Crippen LogP contribution in [-0.4, -0.2) is 66.8 Å². The lowest BCUT2D eigenvalue weighted by Crippen LogP contribution is -2.45. The zero-order valence-corrected chi connectivity index (χ0v) is 13.3. The van der Waals surface area contributed by atoms with Gasteiger partial charge in [0.2, 0.25) is 5.89 Å². The highest BCUT2D eigenvalue weighted by molar-refractivity contribution is 4.99. The van der Waals surface area contributed by atoms with Crippen LogP contribution in [0, 0.1) is 5.92 Å². The van der Waals surface area contributed by atoms with Gasteiger partial charge in [-0.1, -0.05) is 19.0 Å². The van der Waals surface area contributed by atoms with Gasteiger partial charge in [0.15, 0.2) is 5.82 Å². The molecule has 0 saturated carbocycles. The van der Waals surface area contributed by atoms with Crippen LogP contribution in [0.5, 0.6) is 0 Å². The van der Waals surface area contributed by atoms with Gasteiger partial charge in [-0.2, -0.15) is 4.98 Å². The van der Waals surface area contributed by atoms with Crippen molar-refractivity contribution >= 4 is 0 Å². The third-order valence-electron chi connectivity index (χ3n) is 4.20. The highest BCUT2D eigenvalue weighted by atomic mass is 16.5. The van der Waals surface area contributed by atoms with E-state index in [-0.39, 0.29) is 6.04 Å². The Morgan fingerprint density at radius 3 is 2.75 bits per heavy atom. The summed E-state index contributed by atoms with van der Waals surface area (Å²) in [7, 11) is 6.24. The molecule has 114 valence electrons. The van der Waals surface area contributed by atoms with Crippen molar-refractivity contribution in [1.29, 1.82) is 0 Å². The van der Waals surface area contributed by atoms with Crippen molar-refractivity contribution in [2.75, 3.05) is 40.8 Å². The van der Waals surface area contributed by atoms with Crippen molar-refractivity contribution in [3.05, 3.63) is 11.7 Å². The minimum atomic E-state index is 0.235. The second-order valence-corrected chi connectivity index (χ2v) is 6.15. The Hall–Kier alpha value is -0.980. The Kier molecular flexibility index (Phi) is 5.12. The van der Waals surface area contributed by atoms with Gasteiger partial charge in [0, 0.05) is 32.1 Å². The third kappa shape index (κ3) is 3.56. The molecule has 0 aromatic carbocycles. The van der Waals surface area contributed by atoms with E-state index in [1.807, 2.05) is 7.05 Å². The van der Waals surface area contributed by atoms with Gasteiger partial charge in [-0.05, 0) is 27.1 Å². The standard InChI is InChI=1S/C14H27N5O/c1-10(2)11(15-3)8-13-16-14(17-20-13)12-9-18(4)6-7-19(12)5/h10-12,15H,6-9H2,1-5H3. The van der Waals surface area contributed by atoms with E-state index in [0.717, 1.165) is 37.8 Å². The molecule has 1 saturated heterocycles. The number of nitrogens with zero attached hydrogens (tertiary/aromatic N) is 4. The molecule has 1 aromatic heterocycles. The monoisotopic (exact) mass is 281 g/mol. The van der Waals surface area contributed by atoms with E-state index in [4.69, 9.17) is 4.52 Å². The minimum Gasteiger partial charge on any atom is -0.339 e. The lowest BCUT2D eigenvalue weighted by Gasteiger charge is -2.35. The van der Waals surface area contributed by atoms with Crippen molar-refractivity contribution in [3.63, 3.8) is 0 Å².